The number of methoxy groups -OCH3 is 1. The van der Waals surface area contributed by atoms with E-state index in [2.05, 4.69) is 29.3 Å². The number of amides is 1. The molecule has 0 atom stereocenters. The summed E-state index contributed by atoms with van der Waals surface area (Å²) in [5, 5.41) is 2.86. The molecule has 1 heterocycles. The number of carbonyl (C=O) groups excluding carboxylic acids is 1. The standard InChI is InChI=1S/C21H26N2O3/c1-16-11-13-23(14-12-16)18-9-7-17(8-10-18)22-21(24)15-26-20-6-4-3-5-19(20)25-2/h3-10,16H,11-15H2,1-2H3,(H,22,24). The first-order chi connectivity index (χ1) is 12.7. The molecule has 1 saturated heterocycles. The molecule has 1 fully saturated rings. The van der Waals surface area contributed by atoms with Crippen LogP contribution in [0, 0.1) is 5.92 Å². The molecule has 138 valence electrons. The minimum atomic E-state index is -0.199. The maximum Gasteiger partial charge on any atom is 0.262 e. The average molecular weight is 354 g/mol. The van der Waals surface area contributed by atoms with Gasteiger partial charge in [-0.1, -0.05) is 19.1 Å². The normalized spacial score (nSPS) is 14.8. The van der Waals surface area contributed by atoms with Crippen molar-refractivity contribution in [3.63, 3.8) is 0 Å². The van der Waals surface area contributed by atoms with Gasteiger partial charge in [-0.15, -0.1) is 0 Å². The summed E-state index contributed by atoms with van der Waals surface area (Å²) in [5.74, 6) is 1.78. The van der Waals surface area contributed by atoms with Crippen molar-refractivity contribution in [1.29, 1.82) is 0 Å². The maximum atomic E-state index is 12.1. The van der Waals surface area contributed by atoms with Crippen LogP contribution in [-0.2, 0) is 4.79 Å². The summed E-state index contributed by atoms with van der Waals surface area (Å²) in [4.78, 5) is 14.5. The number of anilines is 2. The third kappa shape index (κ3) is 4.69. The minimum absolute atomic E-state index is 0.0634. The van der Waals surface area contributed by atoms with Crippen LogP contribution < -0.4 is 19.7 Å². The Labute approximate surface area is 154 Å². The Morgan fingerprint density at radius 1 is 1.08 bits per heavy atom. The number of carbonyl (C=O) groups is 1. The van der Waals surface area contributed by atoms with Gasteiger partial charge in [0, 0.05) is 24.5 Å². The highest BCUT2D eigenvalue weighted by Crippen LogP contribution is 2.26. The van der Waals surface area contributed by atoms with E-state index in [-0.39, 0.29) is 12.5 Å². The summed E-state index contributed by atoms with van der Waals surface area (Å²) in [6.45, 7) is 4.44. The van der Waals surface area contributed by atoms with Gasteiger partial charge in [0.1, 0.15) is 0 Å². The quantitative estimate of drug-likeness (QED) is 0.853. The molecule has 0 aliphatic carbocycles. The lowest BCUT2D eigenvalue weighted by Crippen LogP contribution is -2.32. The molecule has 0 aromatic heterocycles. The van der Waals surface area contributed by atoms with E-state index >= 15 is 0 Å². The minimum Gasteiger partial charge on any atom is -0.493 e. The van der Waals surface area contributed by atoms with Crippen LogP contribution in [-0.4, -0.2) is 32.7 Å². The van der Waals surface area contributed by atoms with Gasteiger partial charge >= 0.3 is 0 Å². The van der Waals surface area contributed by atoms with Gasteiger partial charge in [-0.3, -0.25) is 4.79 Å². The Kier molecular flexibility index (Phi) is 6.00. The fraction of sp³-hybridized carbons (Fsp3) is 0.381. The SMILES string of the molecule is COc1ccccc1OCC(=O)Nc1ccc(N2CCC(C)CC2)cc1. The fourth-order valence-electron chi connectivity index (χ4n) is 3.10. The first-order valence-corrected chi connectivity index (χ1v) is 9.06. The summed E-state index contributed by atoms with van der Waals surface area (Å²) < 4.78 is 10.8. The fourth-order valence-corrected chi connectivity index (χ4v) is 3.10. The highest BCUT2D eigenvalue weighted by atomic mass is 16.5. The number of rotatable bonds is 6. The monoisotopic (exact) mass is 354 g/mol. The predicted molar refractivity (Wildman–Crippen MR) is 104 cm³/mol. The number of hydrogen-bond donors (Lipinski definition) is 1. The molecule has 0 saturated carbocycles. The summed E-state index contributed by atoms with van der Waals surface area (Å²) in [6.07, 6.45) is 2.47. The summed E-state index contributed by atoms with van der Waals surface area (Å²) in [6, 6.07) is 15.3. The lowest BCUT2D eigenvalue weighted by molar-refractivity contribution is -0.118. The highest BCUT2D eigenvalue weighted by Gasteiger charge is 2.16. The smallest absolute Gasteiger partial charge is 0.262 e. The zero-order valence-electron chi connectivity index (χ0n) is 15.4. The molecular weight excluding hydrogens is 328 g/mol. The van der Waals surface area contributed by atoms with Crippen LogP contribution in [0.1, 0.15) is 19.8 Å². The number of nitrogens with zero attached hydrogens (tertiary/aromatic N) is 1. The second kappa shape index (κ2) is 8.61. The van der Waals surface area contributed by atoms with Crippen molar-refractivity contribution in [3.8, 4) is 11.5 Å². The van der Waals surface area contributed by atoms with Gasteiger partial charge in [-0.25, -0.2) is 0 Å². The molecule has 1 N–H and O–H groups in total. The Hall–Kier alpha value is -2.69. The maximum absolute atomic E-state index is 12.1. The first kappa shape index (κ1) is 18.1. The van der Waals surface area contributed by atoms with E-state index in [9.17, 15) is 4.79 Å². The predicted octanol–water partition coefficient (Wildman–Crippen LogP) is 3.95. The lowest BCUT2D eigenvalue weighted by atomic mass is 9.99. The molecule has 2 aromatic carbocycles. The van der Waals surface area contributed by atoms with E-state index in [0.29, 0.717) is 11.5 Å². The van der Waals surface area contributed by atoms with Gasteiger partial charge in [0.15, 0.2) is 18.1 Å². The van der Waals surface area contributed by atoms with Crippen LogP contribution in [0.5, 0.6) is 11.5 Å². The number of nitrogens with one attached hydrogen (secondary N) is 1. The van der Waals surface area contributed by atoms with E-state index in [1.807, 2.05) is 24.3 Å². The Balaban J connectivity index is 1.51. The molecule has 5 nitrogen and oxygen atoms in total. The first-order valence-electron chi connectivity index (χ1n) is 9.06. The van der Waals surface area contributed by atoms with Gasteiger partial charge < -0.3 is 19.7 Å². The van der Waals surface area contributed by atoms with Crippen LogP contribution in [0.2, 0.25) is 0 Å². The van der Waals surface area contributed by atoms with E-state index in [4.69, 9.17) is 9.47 Å². The molecule has 3 rings (SSSR count). The molecule has 26 heavy (non-hydrogen) atoms. The molecule has 0 spiro atoms. The number of ether oxygens (including phenoxy) is 2. The van der Waals surface area contributed by atoms with E-state index in [1.54, 1.807) is 19.2 Å². The van der Waals surface area contributed by atoms with Gasteiger partial charge in [0.25, 0.3) is 5.91 Å². The number of benzene rings is 2. The van der Waals surface area contributed by atoms with Gasteiger partial charge in [-0.2, -0.15) is 0 Å². The average Bonchev–Trinajstić information content (AvgIpc) is 2.68. The molecule has 5 heteroatoms. The summed E-state index contributed by atoms with van der Waals surface area (Å²) in [5.41, 5.74) is 1.98. The van der Waals surface area contributed by atoms with E-state index in [1.165, 1.54) is 18.5 Å². The number of para-hydroxylation sites is 2. The lowest BCUT2D eigenvalue weighted by Gasteiger charge is -2.32. The van der Waals surface area contributed by atoms with Crippen molar-refractivity contribution in [1.82, 2.24) is 0 Å². The molecule has 2 aromatic rings. The van der Waals surface area contributed by atoms with Crippen molar-refractivity contribution < 1.29 is 14.3 Å². The van der Waals surface area contributed by atoms with Crippen molar-refractivity contribution in [2.75, 3.05) is 37.0 Å². The summed E-state index contributed by atoms with van der Waals surface area (Å²) in [7, 11) is 1.58. The zero-order valence-corrected chi connectivity index (χ0v) is 15.4. The van der Waals surface area contributed by atoms with Gasteiger partial charge in [0.05, 0.1) is 7.11 Å². The molecule has 1 amide bonds. The van der Waals surface area contributed by atoms with Crippen LogP contribution >= 0.6 is 0 Å². The topological polar surface area (TPSA) is 50.8 Å². The van der Waals surface area contributed by atoms with E-state index in [0.717, 1.165) is 24.7 Å². The van der Waals surface area contributed by atoms with Crippen molar-refractivity contribution in [2.24, 2.45) is 5.92 Å². The molecule has 1 aliphatic rings. The van der Waals surface area contributed by atoms with Crippen LogP contribution in [0.3, 0.4) is 0 Å². The Bertz CT molecular complexity index is 722. The molecule has 1 aliphatic heterocycles. The van der Waals surface area contributed by atoms with Crippen LogP contribution in [0.25, 0.3) is 0 Å². The zero-order chi connectivity index (χ0) is 18.4. The number of hydrogen-bond acceptors (Lipinski definition) is 4. The third-order valence-corrected chi connectivity index (χ3v) is 4.73. The largest absolute Gasteiger partial charge is 0.493 e. The highest BCUT2D eigenvalue weighted by molar-refractivity contribution is 5.92. The molecule has 0 radical (unpaired) electrons. The van der Waals surface area contributed by atoms with Crippen LogP contribution in [0.4, 0.5) is 11.4 Å². The van der Waals surface area contributed by atoms with Crippen LogP contribution in [0.15, 0.2) is 48.5 Å². The van der Waals surface area contributed by atoms with Gasteiger partial charge in [0.2, 0.25) is 0 Å². The Morgan fingerprint density at radius 2 is 1.73 bits per heavy atom. The molecule has 0 unspecified atom stereocenters. The second-order valence-electron chi connectivity index (χ2n) is 6.70. The molecule has 0 bridgehead atoms. The van der Waals surface area contributed by atoms with E-state index < -0.39 is 0 Å². The van der Waals surface area contributed by atoms with Crippen molar-refractivity contribution in [3.05, 3.63) is 48.5 Å². The number of piperidine rings is 1. The molecular formula is C21H26N2O3. The third-order valence-electron chi connectivity index (χ3n) is 4.73. The van der Waals surface area contributed by atoms with Crippen molar-refractivity contribution >= 4 is 17.3 Å². The Morgan fingerprint density at radius 3 is 2.38 bits per heavy atom. The second-order valence-corrected chi connectivity index (χ2v) is 6.70. The summed E-state index contributed by atoms with van der Waals surface area (Å²) >= 11 is 0. The van der Waals surface area contributed by atoms with Gasteiger partial charge in [-0.05, 0) is 55.2 Å². The van der Waals surface area contributed by atoms with Crippen molar-refractivity contribution in [2.45, 2.75) is 19.8 Å².